The Labute approximate surface area is 87.8 Å². The summed E-state index contributed by atoms with van der Waals surface area (Å²) in [7, 11) is -3.68. The van der Waals surface area contributed by atoms with Crippen molar-refractivity contribution in [2.24, 2.45) is 5.73 Å². The molecule has 0 aromatic heterocycles. The van der Waals surface area contributed by atoms with E-state index in [0.717, 1.165) is 0 Å². The van der Waals surface area contributed by atoms with Crippen molar-refractivity contribution in [3.63, 3.8) is 0 Å². The third-order valence-electron chi connectivity index (χ3n) is 1.46. The predicted molar refractivity (Wildman–Crippen MR) is 53.6 cm³/mol. The molecule has 0 saturated heterocycles. The second kappa shape index (κ2) is 4.75. The SMILES string of the molecule is NCCOS(=O)(=O)c1ccc(Cl)cc1. The van der Waals surface area contributed by atoms with Crippen molar-refractivity contribution in [3.05, 3.63) is 29.3 Å². The van der Waals surface area contributed by atoms with E-state index >= 15 is 0 Å². The van der Waals surface area contributed by atoms with Gasteiger partial charge in [-0.3, -0.25) is 4.18 Å². The Bertz CT molecular complexity index is 388. The zero-order valence-corrected chi connectivity index (χ0v) is 8.88. The first-order valence-corrected chi connectivity index (χ1v) is 5.70. The lowest BCUT2D eigenvalue weighted by molar-refractivity contribution is 0.327. The van der Waals surface area contributed by atoms with Crippen molar-refractivity contribution >= 4 is 21.7 Å². The molecule has 0 bridgehead atoms. The largest absolute Gasteiger partial charge is 0.328 e. The first-order chi connectivity index (χ1) is 6.56. The van der Waals surface area contributed by atoms with Gasteiger partial charge >= 0.3 is 0 Å². The standard InChI is InChI=1S/C8H10ClNO3S/c9-7-1-3-8(4-2-7)14(11,12)13-6-5-10/h1-4H,5-6,10H2. The van der Waals surface area contributed by atoms with Gasteiger partial charge < -0.3 is 5.73 Å². The molecule has 1 aromatic carbocycles. The van der Waals surface area contributed by atoms with Gasteiger partial charge in [0.2, 0.25) is 0 Å². The van der Waals surface area contributed by atoms with Crippen LogP contribution in [0.4, 0.5) is 0 Å². The third kappa shape index (κ3) is 2.95. The molecular formula is C8H10ClNO3S. The Kier molecular flexibility index (Phi) is 3.88. The maximum Gasteiger partial charge on any atom is 0.297 e. The van der Waals surface area contributed by atoms with E-state index in [9.17, 15) is 8.42 Å². The molecule has 0 aliphatic heterocycles. The highest BCUT2D eigenvalue weighted by atomic mass is 35.5. The van der Waals surface area contributed by atoms with Crippen LogP contribution in [0, 0.1) is 0 Å². The van der Waals surface area contributed by atoms with Gasteiger partial charge in [-0.05, 0) is 24.3 Å². The topological polar surface area (TPSA) is 69.4 Å². The highest BCUT2D eigenvalue weighted by Gasteiger charge is 2.13. The molecule has 0 radical (unpaired) electrons. The van der Waals surface area contributed by atoms with E-state index in [1.54, 1.807) is 0 Å². The van der Waals surface area contributed by atoms with Gasteiger partial charge in [-0.1, -0.05) is 11.6 Å². The summed E-state index contributed by atoms with van der Waals surface area (Å²) in [5.41, 5.74) is 5.13. The minimum atomic E-state index is -3.68. The molecule has 0 spiro atoms. The quantitative estimate of drug-likeness (QED) is 0.791. The summed E-state index contributed by atoms with van der Waals surface area (Å²) >= 11 is 5.61. The van der Waals surface area contributed by atoms with Crippen molar-refractivity contribution in [3.8, 4) is 0 Å². The Morgan fingerprint density at radius 2 is 1.86 bits per heavy atom. The molecule has 1 aromatic rings. The molecule has 0 heterocycles. The molecule has 6 heteroatoms. The lowest BCUT2D eigenvalue weighted by atomic mass is 10.4. The minimum Gasteiger partial charge on any atom is -0.328 e. The van der Waals surface area contributed by atoms with E-state index in [2.05, 4.69) is 4.18 Å². The van der Waals surface area contributed by atoms with Crippen LogP contribution in [0.15, 0.2) is 29.2 Å². The number of hydrogen-bond acceptors (Lipinski definition) is 4. The van der Waals surface area contributed by atoms with Crippen molar-refractivity contribution in [2.75, 3.05) is 13.2 Å². The normalized spacial score (nSPS) is 11.6. The molecule has 0 fully saturated rings. The van der Waals surface area contributed by atoms with Gasteiger partial charge in [-0.25, -0.2) is 0 Å². The number of rotatable bonds is 4. The van der Waals surface area contributed by atoms with E-state index in [1.165, 1.54) is 24.3 Å². The average Bonchev–Trinajstić information content (AvgIpc) is 2.16. The molecule has 78 valence electrons. The summed E-state index contributed by atoms with van der Waals surface area (Å²) < 4.78 is 27.4. The van der Waals surface area contributed by atoms with Crippen LogP contribution < -0.4 is 5.73 Å². The van der Waals surface area contributed by atoms with E-state index in [0.29, 0.717) is 5.02 Å². The van der Waals surface area contributed by atoms with Gasteiger partial charge in [-0.2, -0.15) is 8.42 Å². The summed E-state index contributed by atoms with van der Waals surface area (Å²) in [4.78, 5) is 0.0790. The Morgan fingerprint density at radius 1 is 1.29 bits per heavy atom. The van der Waals surface area contributed by atoms with Crippen molar-refractivity contribution in [1.82, 2.24) is 0 Å². The second-order valence-corrected chi connectivity index (χ2v) is 4.57. The molecule has 1 rings (SSSR count). The van der Waals surface area contributed by atoms with Crippen LogP contribution in [0.1, 0.15) is 0 Å². The Hall–Kier alpha value is -0.620. The van der Waals surface area contributed by atoms with Crippen LogP contribution in [0.2, 0.25) is 5.02 Å². The Morgan fingerprint density at radius 3 is 2.36 bits per heavy atom. The second-order valence-electron chi connectivity index (χ2n) is 2.52. The molecular weight excluding hydrogens is 226 g/mol. The fourth-order valence-electron chi connectivity index (χ4n) is 0.827. The molecule has 0 aliphatic rings. The van der Waals surface area contributed by atoms with Crippen LogP contribution in [-0.4, -0.2) is 21.6 Å². The lowest BCUT2D eigenvalue weighted by Crippen LogP contribution is -2.14. The number of nitrogens with two attached hydrogens (primary N) is 1. The molecule has 0 amide bonds. The van der Waals surface area contributed by atoms with E-state index < -0.39 is 10.1 Å². The van der Waals surface area contributed by atoms with Crippen molar-refractivity contribution in [2.45, 2.75) is 4.90 Å². The maximum absolute atomic E-state index is 11.4. The van der Waals surface area contributed by atoms with E-state index in [1.807, 2.05) is 0 Å². The predicted octanol–water partition coefficient (Wildman–Crippen LogP) is 1.00. The van der Waals surface area contributed by atoms with Gasteiger partial charge in [0, 0.05) is 11.6 Å². The maximum atomic E-state index is 11.4. The smallest absolute Gasteiger partial charge is 0.297 e. The molecule has 0 unspecified atom stereocenters. The lowest BCUT2D eigenvalue weighted by Gasteiger charge is -2.03. The average molecular weight is 236 g/mol. The summed E-state index contributed by atoms with van der Waals surface area (Å²) in [5.74, 6) is 0. The molecule has 4 nitrogen and oxygen atoms in total. The van der Waals surface area contributed by atoms with Crippen LogP contribution in [-0.2, 0) is 14.3 Å². The number of halogens is 1. The number of benzene rings is 1. The van der Waals surface area contributed by atoms with Gasteiger partial charge in [0.25, 0.3) is 10.1 Å². The van der Waals surface area contributed by atoms with Gasteiger partial charge in [0.1, 0.15) is 0 Å². The first kappa shape index (κ1) is 11.5. The summed E-state index contributed by atoms with van der Waals surface area (Å²) in [6.45, 7) is 0.137. The van der Waals surface area contributed by atoms with E-state index in [4.69, 9.17) is 17.3 Å². The molecule has 0 atom stereocenters. The fraction of sp³-hybridized carbons (Fsp3) is 0.250. The van der Waals surface area contributed by atoms with Crippen molar-refractivity contribution in [1.29, 1.82) is 0 Å². The van der Waals surface area contributed by atoms with Crippen molar-refractivity contribution < 1.29 is 12.6 Å². The molecule has 2 N–H and O–H groups in total. The number of hydrogen-bond donors (Lipinski definition) is 1. The third-order valence-corrected chi connectivity index (χ3v) is 3.04. The van der Waals surface area contributed by atoms with Crippen LogP contribution in [0.3, 0.4) is 0 Å². The monoisotopic (exact) mass is 235 g/mol. The first-order valence-electron chi connectivity index (χ1n) is 3.91. The van der Waals surface area contributed by atoms with Crippen LogP contribution in [0.5, 0.6) is 0 Å². The summed E-state index contributed by atoms with van der Waals surface area (Å²) in [6.07, 6.45) is 0. The Balaban J connectivity index is 2.87. The van der Waals surface area contributed by atoms with Crippen LogP contribution in [0.25, 0.3) is 0 Å². The molecule has 14 heavy (non-hydrogen) atoms. The molecule has 0 aliphatic carbocycles. The minimum absolute atomic E-state index is 0.0229. The van der Waals surface area contributed by atoms with Gasteiger partial charge in [0.15, 0.2) is 0 Å². The zero-order chi connectivity index (χ0) is 10.6. The summed E-state index contributed by atoms with van der Waals surface area (Å²) in [6, 6.07) is 5.74. The van der Waals surface area contributed by atoms with E-state index in [-0.39, 0.29) is 18.0 Å². The molecule has 0 saturated carbocycles. The highest BCUT2D eigenvalue weighted by Crippen LogP contribution is 2.15. The van der Waals surface area contributed by atoms with Gasteiger partial charge in [0.05, 0.1) is 11.5 Å². The highest BCUT2D eigenvalue weighted by molar-refractivity contribution is 7.86. The van der Waals surface area contributed by atoms with Gasteiger partial charge in [-0.15, -0.1) is 0 Å². The van der Waals surface area contributed by atoms with Crippen LogP contribution >= 0.6 is 11.6 Å². The fourth-order valence-corrected chi connectivity index (χ4v) is 1.87. The summed E-state index contributed by atoms with van der Waals surface area (Å²) in [5, 5.41) is 0.475. The zero-order valence-electron chi connectivity index (χ0n) is 7.31.